The summed E-state index contributed by atoms with van der Waals surface area (Å²) >= 11 is 0. The molecule has 2 fully saturated rings. The first-order chi connectivity index (χ1) is 6.16. The van der Waals surface area contributed by atoms with E-state index in [1.807, 2.05) is 0 Å². The Morgan fingerprint density at radius 3 is 2.69 bits per heavy atom. The lowest BCUT2D eigenvalue weighted by atomic mass is 10.0. The van der Waals surface area contributed by atoms with Crippen LogP contribution in [-0.4, -0.2) is 55.4 Å². The van der Waals surface area contributed by atoms with E-state index in [0.29, 0.717) is 12.1 Å². The van der Waals surface area contributed by atoms with Crippen molar-refractivity contribution in [1.29, 1.82) is 0 Å². The summed E-state index contributed by atoms with van der Waals surface area (Å²) in [5, 5.41) is 0. The van der Waals surface area contributed by atoms with Crippen molar-refractivity contribution in [2.45, 2.75) is 26.0 Å². The molecule has 2 heterocycles. The third kappa shape index (κ3) is 1.87. The number of ether oxygens (including phenoxy) is 1. The summed E-state index contributed by atoms with van der Waals surface area (Å²) in [7, 11) is 2.18. The fourth-order valence-electron chi connectivity index (χ4n) is 2.32. The lowest BCUT2D eigenvalue weighted by Gasteiger charge is -2.36. The predicted molar refractivity (Wildman–Crippen MR) is 52.6 cm³/mol. The Balaban J connectivity index is 1.93. The van der Waals surface area contributed by atoms with Crippen LogP contribution in [0.2, 0.25) is 0 Å². The van der Waals surface area contributed by atoms with Gasteiger partial charge in [-0.1, -0.05) is 0 Å². The van der Waals surface area contributed by atoms with Crippen molar-refractivity contribution in [2.75, 3.05) is 33.4 Å². The van der Waals surface area contributed by atoms with Gasteiger partial charge in [0.15, 0.2) is 0 Å². The Morgan fingerprint density at radius 1 is 1.23 bits per heavy atom. The minimum atomic E-state index is 0.500. The van der Waals surface area contributed by atoms with Gasteiger partial charge in [0.2, 0.25) is 0 Å². The standard InChI is InChI=1S/C10H20N2O/c1-8(2)12-5-9-4-11(3)6-10(9)13-7-12/h8-10H,4-7H2,1-3H3. The monoisotopic (exact) mass is 184 g/mol. The zero-order chi connectivity index (χ0) is 9.42. The molecule has 0 aromatic carbocycles. The van der Waals surface area contributed by atoms with Gasteiger partial charge >= 0.3 is 0 Å². The van der Waals surface area contributed by atoms with Crippen molar-refractivity contribution in [3.8, 4) is 0 Å². The van der Waals surface area contributed by atoms with Gasteiger partial charge in [0.05, 0.1) is 12.8 Å². The number of hydrogen-bond donors (Lipinski definition) is 0. The molecule has 0 bridgehead atoms. The van der Waals surface area contributed by atoms with E-state index in [9.17, 15) is 0 Å². The van der Waals surface area contributed by atoms with Gasteiger partial charge in [-0.05, 0) is 20.9 Å². The molecule has 2 unspecified atom stereocenters. The van der Waals surface area contributed by atoms with Crippen LogP contribution >= 0.6 is 0 Å². The second-order valence-corrected chi connectivity index (χ2v) is 4.68. The van der Waals surface area contributed by atoms with Crippen LogP contribution in [0, 0.1) is 5.92 Å². The summed E-state index contributed by atoms with van der Waals surface area (Å²) in [5.74, 6) is 0.737. The van der Waals surface area contributed by atoms with Crippen molar-refractivity contribution < 1.29 is 4.74 Å². The van der Waals surface area contributed by atoms with E-state index < -0.39 is 0 Å². The van der Waals surface area contributed by atoms with Crippen molar-refractivity contribution in [2.24, 2.45) is 5.92 Å². The van der Waals surface area contributed by atoms with E-state index in [2.05, 4.69) is 30.7 Å². The van der Waals surface area contributed by atoms with Gasteiger partial charge in [-0.15, -0.1) is 0 Å². The molecule has 2 rings (SSSR count). The number of nitrogens with zero attached hydrogens (tertiary/aromatic N) is 2. The molecule has 2 aliphatic heterocycles. The minimum Gasteiger partial charge on any atom is -0.361 e. The highest BCUT2D eigenvalue weighted by atomic mass is 16.5. The zero-order valence-electron chi connectivity index (χ0n) is 8.86. The molecule has 13 heavy (non-hydrogen) atoms. The Morgan fingerprint density at radius 2 is 2.00 bits per heavy atom. The van der Waals surface area contributed by atoms with Gasteiger partial charge in [0.1, 0.15) is 0 Å². The van der Waals surface area contributed by atoms with Gasteiger partial charge < -0.3 is 9.64 Å². The predicted octanol–water partition coefficient (Wildman–Crippen LogP) is 0.615. The van der Waals surface area contributed by atoms with E-state index >= 15 is 0 Å². The molecule has 2 aliphatic rings. The lowest BCUT2D eigenvalue weighted by Crippen LogP contribution is -2.47. The van der Waals surface area contributed by atoms with Crippen molar-refractivity contribution in [3.63, 3.8) is 0 Å². The summed E-state index contributed by atoms with van der Waals surface area (Å²) in [6, 6.07) is 0.617. The van der Waals surface area contributed by atoms with Crippen LogP contribution in [0.4, 0.5) is 0 Å². The van der Waals surface area contributed by atoms with Crippen LogP contribution in [0.5, 0.6) is 0 Å². The minimum absolute atomic E-state index is 0.500. The molecule has 3 heteroatoms. The van der Waals surface area contributed by atoms with Gasteiger partial charge in [-0.2, -0.15) is 0 Å². The smallest absolute Gasteiger partial charge is 0.0997 e. The maximum Gasteiger partial charge on any atom is 0.0997 e. The third-order valence-corrected chi connectivity index (χ3v) is 3.22. The summed E-state index contributed by atoms with van der Waals surface area (Å²) in [5.41, 5.74) is 0. The highest BCUT2D eigenvalue weighted by molar-refractivity contribution is 4.88. The summed E-state index contributed by atoms with van der Waals surface area (Å²) in [6.07, 6.45) is 0.500. The molecule has 3 nitrogen and oxygen atoms in total. The summed E-state index contributed by atoms with van der Waals surface area (Å²) in [6.45, 7) is 8.84. The first-order valence-corrected chi connectivity index (χ1v) is 5.21. The molecular weight excluding hydrogens is 164 g/mol. The van der Waals surface area contributed by atoms with Crippen LogP contribution in [0.3, 0.4) is 0 Å². The number of likely N-dealkylation sites (N-methyl/N-ethyl adjacent to an activating group) is 1. The number of hydrogen-bond acceptors (Lipinski definition) is 3. The maximum absolute atomic E-state index is 5.83. The number of rotatable bonds is 1. The fourth-order valence-corrected chi connectivity index (χ4v) is 2.32. The lowest BCUT2D eigenvalue weighted by molar-refractivity contribution is -0.0944. The SMILES string of the molecule is CC(C)N1COC2CN(C)CC2C1. The van der Waals surface area contributed by atoms with Crippen LogP contribution < -0.4 is 0 Å². The summed E-state index contributed by atoms with van der Waals surface area (Å²) in [4.78, 5) is 4.79. The fraction of sp³-hybridized carbons (Fsp3) is 1.00. The van der Waals surface area contributed by atoms with Crippen LogP contribution in [0.15, 0.2) is 0 Å². The molecule has 0 saturated carbocycles. The first kappa shape index (κ1) is 9.44. The normalized spacial score (nSPS) is 36.9. The quantitative estimate of drug-likeness (QED) is 0.594. The maximum atomic E-state index is 5.83. The molecule has 0 aromatic heterocycles. The van der Waals surface area contributed by atoms with Crippen LogP contribution in [-0.2, 0) is 4.74 Å². The third-order valence-electron chi connectivity index (χ3n) is 3.22. The second kappa shape index (κ2) is 3.56. The van der Waals surface area contributed by atoms with Crippen molar-refractivity contribution in [3.05, 3.63) is 0 Å². The van der Waals surface area contributed by atoms with Gasteiger partial charge in [0, 0.05) is 31.6 Å². The van der Waals surface area contributed by atoms with Crippen LogP contribution in [0.1, 0.15) is 13.8 Å². The van der Waals surface area contributed by atoms with Crippen LogP contribution in [0.25, 0.3) is 0 Å². The molecule has 0 amide bonds. The molecule has 0 spiro atoms. The molecule has 0 radical (unpaired) electrons. The molecule has 0 N–H and O–H groups in total. The topological polar surface area (TPSA) is 15.7 Å². The number of likely N-dealkylation sites (tertiary alicyclic amines) is 1. The Bertz CT molecular complexity index is 184. The second-order valence-electron chi connectivity index (χ2n) is 4.68. The Kier molecular flexibility index (Phi) is 2.58. The Hall–Kier alpha value is -0.120. The average Bonchev–Trinajstić information content (AvgIpc) is 2.42. The van der Waals surface area contributed by atoms with Gasteiger partial charge in [-0.3, -0.25) is 4.90 Å². The Labute approximate surface area is 80.6 Å². The molecule has 76 valence electrons. The van der Waals surface area contributed by atoms with E-state index in [1.165, 1.54) is 13.1 Å². The number of fused-ring (bicyclic) bond motifs is 1. The summed E-state index contributed by atoms with van der Waals surface area (Å²) < 4.78 is 5.83. The van der Waals surface area contributed by atoms with Crippen molar-refractivity contribution >= 4 is 0 Å². The largest absolute Gasteiger partial charge is 0.361 e. The zero-order valence-corrected chi connectivity index (χ0v) is 8.86. The highest BCUT2D eigenvalue weighted by Crippen LogP contribution is 2.24. The average molecular weight is 184 g/mol. The first-order valence-electron chi connectivity index (χ1n) is 5.21. The molecule has 2 atom stereocenters. The molecule has 0 aromatic rings. The van der Waals surface area contributed by atoms with E-state index in [1.54, 1.807) is 0 Å². The van der Waals surface area contributed by atoms with E-state index in [0.717, 1.165) is 19.2 Å². The molecular formula is C10H20N2O. The van der Waals surface area contributed by atoms with Gasteiger partial charge in [0.25, 0.3) is 0 Å². The van der Waals surface area contributed by atoms with E-state index in [-0.39, 0.29) is 0 Å². The van der Waals surface area contributed by atoms with E-state index in [4.69, 9.17) is 4.74 Å². The molecule has 0 aliphatic carbocycles. The van der Waals surface area contributed by atoms with Gasteiger partial charge in [-0.25, -0.2) is 0 Å². The highest BCUT2D eigenvalue weighted by Gasteiger charge is 2.36. The molecule has 2 saturated heterocycles. The van der Waals surface area contributed by atoms with Crippen molar-refractivity contribution in [1.82, 2.24) is 9.80 Å².